The van der Waals surface area contributed by atoms with Crippen molar-refractivity contribution < 1.29 is 14.0 Å². The van der Waals surface area contributed by atoms with Crippen LogP contribution in [0, 0.1) is 12.7 Å². The van der Waals surface area contributed by atoms with Crippen LogP contribution in [0.1, 0.15) is 11.1 Å². The summed E-state index contributed by atoms with van der Waals surface area (Å²) < 4.78 is 16.0. The zero-order chi connectivity index (χ0) is 25.5. The van der Waals surface area contributed by atoms with Gasteiger partial charge in [-0.1, -0.05) is 72.8 Å². The highest BCUT2D eigenvalue weighted by molar-refractivity contribution is 5.94. The van der Waals surface area contributed by atoms with E-state index in [9.17, 15) is 14.0 Å². The van der Waals surface area contributed by atoms with E-state index in [1.54, 1.807) is 35.9 Å². The van der Waals surface area contributed by atoms with Gasteiger partial charge in [-0.3, -0.25) is 19.5 Å². The van der Waals surface area contributed by atoms with Gasteiger partial charge in [-0.25, -0.2) is 9.37 Å². The van der Waals surface area contributed by atoms with Crippen molar-refractivity contribution in [2.75, 3.05) is 18.4 Å². The van der Waals surface area contributed by atoms with Crippen molar-refractivity contribution in [2.24, 2.45) is 0 Å². The Hall–Kier alpha value is -4.52. The number of aromatic nitrogens is 2. The lowest BCUT2D eigenvalue weighted by Crippen LogP contribution is -2.39. The maximum Gasteiger partial charge on any atom is 0.246 e. The van der Waals surface area contributed by atoms with Crippen LogP contribution in [-0.4, -0.2) is 39.4 Å². The molecule has 0 bridgehead atoms. The number of benzene rings is 3. The van der Waals surface area contributed by atoms with Gasteiger partial charge in [-0.05, 0) is 30.2 Å². The van der Waals surface area contributed by atoms with E-state index in [-0.39, 0.29) is 37.2 Å². The molecular weight excluding hydrogens is 455 g/mol. The van der Waals surface area contributed by atoms with Crippen LogP contribution >= 0.6 is 0 Å². The predicted octanol–water partition coefficient (Wildman–Crippen LogP) is 5.18. The van der Waals surface area contributed by atoms with Gasteiger partial charge in [0.15, 0.2) is 0 Å². The first kappa shape index (κ1) is 24.6. The number of halogens is 1. The fourth-order valence-corrected chi connectivity index (χ4v) is 3.78. The summed E-state index contributed by atoms with van der Waals surface area (Å²) in [6, 6.07) is 23.7. The second-order valence-electron chi connectivity index (χ2n) is 8.39. The molecule has 1 aromatic heterocycles. The van der Waals surface area contributed by atoms with Gasteiger partial charge in [0.1, 0.15) is 12.4 Å². The van der Waals surface area contributed by atoms with Crippen molar-refractivity contribution >= 4 is 17.8 Å². The van der Waals surface area contributed by atoms with Gasteiger partial charge in [0, 0.05) is 18.3 Å². The molecule has 0 aliphatic heterocycles. The highest BCUT2D eigenvalue weighted by atomic mass is 19.1. The maximum atomic E-state index is 14.3. The number of amides is 2. The number of carbonyl (C=O) groups is 2. The largest absolute Gasteiger partial charge is 0.329 e. The van der Waals surface area contributed by atoms with E-state index in [0.717, 1.165) is 11.1 Å². The summed E-state index contributed by atoms with van der Waals surface area (Å²) in [5, 5.41) is 2.80. The lowest BCUT2D eigenvalue weighted by atomic mass is 10.1. The molecule has 0 aliphatic rings. The lowest BCUT2D eigenvalue weighted by Gasteiger charge is -2.21. The molecule has 6 nitrogen and oxygen atoms in total. The highest BCUT2D eigenvalue weighted by Crippen LogP contribution is 2.25. The number of nitrogens with zero attached hydrogens (tertiary/aromatic N) is 3. The Balaban J connectivity index is 1.58. The first-order chi connectivity index (χ1) is 17.4. The van der Waals surface area contributed by atoms with Gasteiger partial charge in [0.05, 0.1) is 17.8 Å². The fourth-order valence-electron chi connectivity index (χ4n) is 3.78. The molecule has 0 spiro atoms. The average molecular weight is 483 g/mol. The Morgan fingerprint density at radius 3 is 2.42 bits per heavy atom. The number of carbonyl (C=O) groups excluding carboxylic acids is 2. The predicted molar refractivity (Wildman–Crippen MR) is 139 cm³/mol. The molecule has 0 unspecified atom stereocenters. The van der Waals surface area contributed by atoms with E-state index in [1.807, 2.05) is 60.7 Å². The van der Waals surface area contributed by atoms with Crippen LogP contribution in [0.25, 0.3) is 16.9 Å². The summed E-state index contributed by atoms with van der Waals surface area (Å²) >= 11 is 0. The third-order valence-corrected chi connectivity index (χ3v) is 5.70. The normalized spacial score (nSPS) is 10.6. The number of hydrogen-bond acceptors (Lipinski definition) is 3. The summed E-state index contributed by atoms with van der Waals surface area (Å²) in [6.07, 6.45) is 3.51. The third-order valence-electron chi connectivity index (χ3n) is 5.70. The third kappa shape index (κ3) is 5.93. The zero-order valence-corrected chi connectivity index (χ0v) is 20.0. The molecule has 0 atom stereocenters. The summed E-state index contributed by atoms with van der Waals surface area (Å²) in [5.41, 5.74) is 3.37. The van der Waals surface area contributed by atoms with E-state index in [1.165, 1.54) is 11.0 Å². The van der Waals surface area contributed by atoms with Crippen molar-refractivity contribution in [3.8, 4) is 16.9 Å². The molecule has 0 fully saturated rings. The fraction of sp³-hybridized carbons (Fsp3) is 0.138. The van der Waals surface area contributed by atoms with Crippen LogP contribution < -0.4 is 5.32 Å². The highest BCUT2D eigenvalue weighted by Gasteiger charge is 2.19. The number of anilines is 1. The van der Waals surface area contributed by atoms with Crippen molar-refractivity contribution in [3.63, 3.8) is 0 Å². The number of hydrogen-bond donors (Lipinski definition) is 1. The Bertz CT molecular complexity index is 1370. The Kier molecular flexibility index (Phi) is 7.70. The molecule has 4 rings (SSSR count). The molecule has 36 heavy (non-hydrogen) atoms. The second-order valence-corrected chi connectivity index (χ2v) is 8.39. The first-order valence-electron chi connectivity index (χ1n) is 11.6. The molecule has 7 heteroatoms. The van der Waals surface area contributed by atoms with Gasteiger partial charge >= 0.3 is 0 Å². The van der Waals surface area contributed by atoms with E-state index < -0.39 is 5.91 Å². The van der Waals surface area contributed by atoms with E-state index in [2.05, 4.69) is 16.9 Å². The maximum absolute atomic E-state index is 14.3. The topological polar surface area (TPSA) is 67.2 Å². The smallest absolute Gasteiger partial charge is 0.246 e. The number of aryl methyl sites for hydroxylation is 1. The Labute approximate surface area is 209 Å². The molecule has 4 aromatic rings. The number of nitrogens with one attached hydrogen (secondary N) is 1. The molecule has 1 N–H and O–H groups in total. The minimum atomic E-state index is -0.419. The van der Waals surface area contributed by atoms with Gasteiger partial charge in [-0.2, -0.15) is 0 Å². The molecule has 1 heterocycles. The first-order valence-corrected chi connectivity index (χ1v) is 11.6. The quantitative estimate of drug-likeness (QED) is 0.334. The molecule has 0 radical (unpaired) electrons. The lowest BCUT2D eigenvalue weighted by molar-refractivity contribution is -0.133. The molecule has 0 saturated carbocycles. The summed E-state index contributed by atoms with van der Waals surface area (Å²) in [5.74, 6) is -0.734. The van der Waals surface area contributed by atoms with Gasteiger partial charge in [0.25, 0.3) is 0 Å². The van der Waals surface area contributed by atoms with Gasteiger partial charge in [-0.15, -0.1) is 6.58 Å². The monoisotopic (exact) mass is 482 g/mol. The van der Waals surface area contributed by atoms with E-state index >= 15 is 0 Å². The van der Waals surface area contributed by atoms with Crippen LogP contribution in [0.3, 0.4) is 0 Å². The van der Waals surface area contributed by atoms with E-state index in [4.69, 9.17) is 0 Å². The molecule has 2 amide bonds. The SMILES string of the molecule is C=CCN(CC(=O)Nc1nc(-c2ccccc2)cn1-c1ccc(C)c(F)c1)C(=O)Cc1ccccc1. The molecule has 0 aliphatic carbocycles. The number of rotatable bonds is 9. The minimum absolute atomic E-state index is 0.173. The van der Waals surface area contributed by atoms with Crippen molar-refractivity contribution in [1.29, 1.82) is 0 Å². The van der Waals surface area contributed by atoms with Crippen molar-refractivity contribution in [3.05, 3.63) is 115 Å². The Morgan fingerprint density at radius 1 is 1.06 bits per heavy atom. The van der Waals surface area contributed by atoms with Crippen LogP contribution in [-0.2, 0) is 16.0 Å². The summed E-state index contributed by atoms with van der Waals surface area (Å²) in [7, 11) is 0. The van der Waals surface area contributed by atoms with Crippen LogP contribution in [0.15, 0.2) is 97.7 Å². The zero-order valence-electron chi connectivity index (χ0n) is 20.0. The standard InChI is InChI=1S/C29H27FN4O2/c1-3-16-33(28(36)17-22-10-6-4-7-11-22)20-27(35)32-29-31-26(23-12-8-5-9-13-23)19-34(29)24-15-14-21(2)25(30)18-24/h3-15,18-19H,1,16-17,20H2,2H3,(H,31,32,35). The van der Waals surface area contributed by atoms with Gasteiger partial charge < -0.3 is 4.90 Å². The van der Waals surface area contributed by atoms with Crippen LogP contribution in [0.4, 0.5) is 10.3 Å². The molecule has 3 aromatic carbocycles. The molecule has 182 valence electrons. The van der Waals surface area contributed by atoms with Gasteiger partial charge in [0.2, 0.25) is 17.8 Å². The summed E-state index contributed by atoms with van der Waals surface area (Å²) in [6.45, 7) is 5.45. The molecule has 0 saturated heterocycles. The second kappa shape index (κ2) is 11.3. The minimum Gasteiger partial charge on any atom is -0.329 e. The molecular formula is C29H27FN4O2. The van der Waals surface area contributed by atoms with Crippen molar-refractivity contribution in [2.45, 2.75) is 13.3 Å². The van der Waals surface area contributed by atoms with E-state index in [0.29, 0.717) is 16.9 Å². The van der Waals surface area contributed by atoms with Crippen molar-refractivity contribution in [1.82, 2.24) is 14.5 Å². The summed E-state index contributed by atoms with van der Waals surface area (Å²) in [4.78, 5) is 31.9. The van der Waals surface area contributed by atoms with Crippen LogP contribution in [0.2, 0.25) is 0 Å². The van der Waals surface area contributed by atoms with Crippen LogP contribution in [0.5, 0.6) is 0 Å². The number of imidazole rings is 1. The average Bonchev–Trinajstić information content (AvgIpc) is 3.30. The Morgan fingerprint density at radius 2 is 1.75 bits per heavy atom.